The average molecular weight is 356 g/mol. The van der Waals surface area contributed by atoms with E-state index in [1.165, 1.54) is 0 Å². The molecule has 0 spiro atoms. The van der Waals surface area contributed by atoms with Gasteiger partial charge in [0, 0.05) is 44.3 Å². The van der Waals surface area contributed by atoms with Gasteiger partial charge in [-0.1, -0.05) is 18.2 Å². The van der Waals surface area contributed by atoms with Crippen LogP contribution in [0.2, 0.25) is 0 Å². The number of benzene rings is 1. The second kappa shape index (κ2) is 7.57. The van der Waals surface area contributed by atoms with Gasteiger partial charge in [0.25, 0.3) is 0 Å². The number of nitrogens with one attached hydrogen (secondary N) is 1. The van der Waals surface area contributed by atoms with Gasteiger partial charge in [-0.2, -0.15) is 0 Å². The Morgan fingerprint density at radius 1 is 1.23 bits per heavy atom. The largest absolute Gasteiger partial charge is 0.390 e. The van der Waals surface area contributed by atoms with Gasteiger partial charge in [0.05, 0.1) is 30.9 Å². The molecular formula is C19H24N4O3. The van der Waals surface area contributed by atoms with Crippen LogP contribution < -0.4 is 5.32 Å². The summed E-state index contributed by atoms with van der Waals surface area (Å²) < 4.78 is 5.37. The lowest BCUT2D eigenvalue weighted by Crippen LogP contribution is -2.49. The molecule has 0 aliphatic carbocycles. The molecule has 26 heavy (non-hydrogen) atoms. The smallest absolute Gasteiger partial charge is 0.317 e. The molecule has 2 saturated heterocycles. The summed E-state index contributed by atoms with van der Waals surface area (Å²) in [5.41, 5.74) is 1.96. The third-order valence-corrected chi connectivity index (χ3v) is 5.23. The number of aromatic nitrogens is 1. The maximum absolute atomic E-state index is 12.6. The Hall–Kier alpha value is -2.22. The van der Waals surface area contributed by atoms with Crippen LogP contribution in [0.4, 0.5) is 4.79 Å². The Balaban J connectivity index is 1.37. The van der Waals surface area contributed by atoms with Crippen LogP contribution in [0.5, 0.6) is 0 Å². The zero-order valence-corrected chi connectivity index (χ0v) is 14.7. The van der Waals surface area contributed by atoms with Crippen molar-refractivity contribution in [2.24, 2.45) is 0 Å². The Morgan fingerprint density at radius 2 is 2.04 bits per heavy atom. The first-order valence-electron chi connectivity index (χ1n) is 9.07. The summed E-state index contributed by atoms with van der Waals surface area (Å²) in [6.07, 6.45) is 1.25. The van der Waals surface area contributed by atoms with E-state index in [-0.39, 0.29) is 12.1 Å². The molecule has 1 aromatic heterocycles. The van der Waals surface area contributed by atoms with E-state index < -0.39 is 6.10 Å². The summed E-state index contributed by atoms with van der Waals surface area (Å²) in [6.45, 7) is 4.33. The van der Waals surface area contributed by atoms with Crippen molar-refractivity contribution in [2.75, 3.05) is 39.4 Å². The highest BCUT2D eigenvalue weighted by Gasteiger charge is 2.38. The molecule has 2 fully saturated rings. The molecular weight excluding hydrogens is 332 g/mol. The first kappa shape index (κ1) is 17.2. The van der Waals surface area contributed by atoms with Crippen LogP contribution in [-0.4, -0.2) is 77.5 Å². The van der Waals surface area contributed by atoms with Crippen molar-refractivity contribution in [1.82, 2.24) is 20.1 Å². The summed E-state index contributed by atoms with van der Waals surface area (Å²) in [5, 5.41) is 14.4. The number of β-amino-alcohol motifs (C(OH)–C–C–N with tert-alkyl or cyclic N) is 1. The minimum atomic E-state index is -0.513. The molecule has 7 nitrogen and oxygen atoms in total. The maximum Gasteiger partial charge on any atom is 0.317 e. The van der Waals surface area contributed by atoms with E-state index in [4.69, 9.17) is 4.74 Å². The van der Waals surface area contributed by atoms with E-state index in [1.54, 1.807) is 11.1 Å². The highest BCUT2D eigenvalue weighted by Crippen LogP contribution is 2.19. The molecule has 3 heterocycles. The molecule has 0 bridgehead atoms. The second-order valence-corrected chi connectivity index (χ2v) is 6.83. The van der Waals surface area contributed by atoms with Crippen LogP contribution in [0.3, 0.4) is 0 Å². The molecule has 138 valence electrons. The van der Waals surface area contributed by atoms with Crippen LogP contribution >= 0.6 is 0 Å². The summed E-state index contributed by atoms with van der Waals surface area (Å²) in [7, 11) is 0. The molecule has 4 rings (SSSR count). The van der Waals surface area contributed by atoms with Gasteiger partial charge in [-0.15, -0.1) is 0 Å². The van der Waals surface area contributed by atoms with Crippen molar-refractivity contribution < 1.29 is 14.6 Å². The zero-order chi connectivity index (χ0) is 17.9. The number of pyridine rings is 1. The monoisotopic (exact) mass is 356 g/mol. The summed E-state index contributed by atoms with van der Waals surface area (Å²) in [4.78, 5) is 20.8. The minimum absolute atomic E-state index is 0.00796. The summed E-state index contributed by atoms with van der Waals surface area (Å²) in [6, 6.07) is 9.68. The number of fused-ring (bicyclic) bond motifs is 1. The lowest BCUT2D eigenvalue weighted by atomic mass is 10.1. The van der Waals surface area contributed by atoms with Crippen molar-refractivity contribution in [3.8, 4) is 0 Å². The van der Waals surface area contributed by atoms with E-state index in [0.717, 1.165) is 29.6 Å². The van der Waals surface area contributed by atoms with Gasteiger partial charge in [-0.3, -0.25) is 9.88 Å². The van der Waals surface area contributed by atoms with E-state index in [0.29, 0.717) is 32.8 Å². The minimum Gasteiger partial charge on any atom is -0.390 e. The molecule has 0 radical (unpaired) electrons. The zero-order valence-electron chi connectivity index (χ0n) is 14.7. The van der Waals surface area contributed by atoms with E-state index in [2.05, 4.69) is 15.2 Å². The maximum atomic E-state index is 12.6. The Kier molecular flexibility index (Phi) is 5.01. The molecule has 2 aliphatic heterocycles. The van der Waals surface area contributed by atoms with Crippen molar-refractivity contribution in [2.45, 2.75) is 18.7 Å². The number of hydrogen-bond donors (Lipinski definition) is 2. The molecule has 2 atom stereocenters. The predicted molar refractivity (Wildman–Crippen MR) is 97.7 cm³/mol. The molecule has 2 aliphatic rings. The van der Waals surface area contributed by atoms with Gasteiger partial charge in [0.1, 0.15) is 0 Å². The number of carbonyl (C=O) groups is 1. The first-order valence-corrected chi connectivity index (χ1v) is 9.07. The third-order valence-electron chi connectivity index (χ3n) is 5.23. The van der Waals surface area contributed by atoms with Gasteiger partial charge >= 0.3 is 6.03 Å². The van der Waals surface area contributed by atoms with Gasteiger partial charge in [0.15, 0.2) is 0 Å². The number of para-hydroxylation sites is 1. The quantitative estimate of drug-likeness (QED) is 0.851. The highest BCUT2D eigenvalue weighted by atomic mass is 16.5. The van der Waals surface area contributed by atoms with Crippen LogP contribution in [0.1, 0.15) is 5.56 Å². The van der Waals surface area contributed by atoms with Crippen LogP contribution in [0, 0.1) is 0 Å². The fourth-order valence-corrected chi connectivity index (χ4v) is 3.80. The number of rotatable bonds is 3. The van der Waals surface area contributed by atoms with Crippen LogP contribution in [0.15, 0.2) is 36.5 Å². The van der Waals surface area contributed by atoms with Crippen molar-refractivity contribution in [3.63, 3.8) is 0 Å². The van der Waals surface area contributed by atoms with Gasteiger partial charge in [-0.05, 0) is 17.7 Å². The highest BCUT2D eigenvalue weighted by molar-refractivity contribution is 5.82. The van der Waals surface area contributed by atoms with E-state index in [1.807, 2.05) is 30.3 Å². The van der Waals surface area contributed by atoms with Gasteiger partial charge < -0.3 is 20.1 Å². The molecule has 2 unspecified atom stereocenters. The van der Waals surface area contributed by atoms with Crippen molar-refractivity contribution >= 4 is 16.9 Å². The lowest BCUT2D eigenvalue weighted by molar-refractivity contribution is -0.00607. The molecule has 1 aromatic carbocycles. The number of likely N-dealkylation sites (tertiary alicyclic amines) is 1. The van der Waals surface area contributed by atoms with Crippen molar-refractivity contribution in [3.05, 3.63) is 42.1 Å². The molecule has 2 aromatic rings. The number of carbonyl (C=O) groups excluding carboxylic acids is 1. The number of nitrogens with zero attached hydrogens (tertiary/aromatic N) is 3. The number of hydrogen-bond acceptors (Lipinski definition) is 5. The Morgan fingerprint density at radius 3 is 2.88 bits per heavy atom. The van der Waals surface area contributed by atoms with Gasteiger partial charge in [-0.25, -0.2) is 4.79 Å². The first-order chi connectivity index (χ1) is 12.7. The normalized spacial score (nSPS) is 24.1. The van der Waals surface area contributed by atoms with Crippen LogP contribution in [0.25, 0.3) is 10.9 Å². The molecule has 7 heteroatoms. The third kappa shape index (κ3) is 3.51. The second-order valence-electron chi connectivity index (χ2n) is 6.83. The molecule has 2 amide bonds. The van der Waals surface area contributed by atoms with E-state index in [9.17, 15) is 9.90 Å². The standard InChI is InChI=1S/C19H24N4O3/c24-18-13-23(12-17(18)22-7-9-26-10-8-22)19(25)21-11-14-5-6-20-16-4-2-1-3-15(14)16/h1-6,17-18,24H,7-13H2,(H,21,25). The Labute approximate surface area is 152 Å². The summed E-state index contributed by atoms with van der Waals surface area (Å²) in [5.74, 6) is 0. The topological polar surface area (TPSA) is 77.9 Å². The predicted octanol–water partition coefficient (Wildman–Crippen LogP) is 0.822. The average Bonchev–Trinajstić information content (AvgIpc) is 3.08. The molecule has 2 N–H and O–H groups in total. The van der Waals surface area contributed by atoms with E-state index >= 15 is 0 Å². The number of morpholine rings is 1. The fourth-order valence-electron chi connectivity index (χ4n) is 3.80. The number of urea groups is 1. The van der Waals surface area contributed by atoms with Crippen molar-refractivity contribution in [1.29, 1.82) is 0 Å². The number of aliphatic hydroxyl groups is 1. The lowest BCUT2D eigenvalue weighted by Gasteiger charge is -2.33. The molecule has 0 saturated carbocycles. The van der Waals surface area contributed by atoms with Gasteiger partial charge in [0.2, 0.25) is 0 Å². The SMILES string of the molecule is O=C(NCc1ccnc2ccccc12)N1CC(O)C(N2CCOCC2)C1. The van der Waals surface area contributed by atoms with Crippen LogP contribution in [-0.2, 0) is 11.3 Å². The number of amides is 2. The number of aliphatic hydroxyl groups excluding tert-OH is 1. The summed E-state index contributed by atoms with van der Waals surface area (Å²) >= 11 is 0. The Bertz CT molecular complexity index is 773. The number of ether oxygens (including phenoxy) is 1. The fraction of sp³-hybridized carbons (Fsp3) is 0.474.